The van der Waals surface area contributed by atoms with Crippen LogP contribution in [-0.4, -0.2) is 64.1 Å². The van der Waals surface area contributed by atoms with Crippen LogP contribution in [0.3, 0.4) is 0 Å². The van der Waals surface area contributed by atoms with Gasteiger partial charge in [-0.1, -0.05) is 0 Å². The fraction of sp³-hybridized carbons (Fsp3) is 1.00. The van der Waals surface area contributed by atoms with Crippen molar-refractivity contribution >= 4 is 20.0 Å². The molecule has 0 bridgehead atoms. The Labute approximate surface area is 91.0 Å². The first-order chi connectivity index (χ1) is 6.71. The third-order valence-corrected chi connectivity index (χ3v) is 4.96. The van der Waals surface area contributed by atoms with Gasteiger partial charge in [-0.3, -0.25) is 0 Å². The molecule has 1 aliphatic rings. The average molecular weight is 256 g/mol. The molecule has 90 valence electrons. The van der Waals surface area contributed by atoms with Crippen LogP contribution in [0.25, 0.3) is 0 Å². The smallest absolute Gasteiger partial charge is 0.211 e. The van der Waals surface area contributed by atoms with E-state index in [1.54, 1.807) is 0 Å². The van der Waals surface area contributed by atoms with E-state index in [4.69, 9.17) is 0 Å². The summed E-state index contributed by atoms with van der Waals surface area (Å²) in [6, 6.07) is 0. The number of hydrogen-bond donors (Lipinski definition) is 0. The molecular formula is C7H16N2O4S2. The Morgan fingerprint density at radius 1 is 0.733 bits per heavy atom. The van der Waals surface area contributed by atoms with Crippen LogP contribution in [0.5, 0.6) is 0 Å². The summed E-state index contributed by atoms with van der Waals surface area (Å²) in [7, 11) is -6.41. The minimum absolute atomic E-state index is 0.242. The highest BCUT2D eigenvalue weighted by Crippen LogP contribution is 2.09. The summed E-state index contributed by atoms with van der Waals surface area (Å²) in [4.78, 5) is 0. The summed E-state index contributed by atoms with van der Waals surface area (Å²) in [5.41, 5.74) is 0. The maximum absolute atomic E-state index is 11.3. The van der Waals surface area contributed by atoms with Gasteiger partial charge in [0.2, 0.25) is 20.0 Å². The van der Waals surface area contributed by atoms with Gasteiger partial charge in [0.1, 0.15) is 0 Å². The fourth-order valence-corrected chi connectivity index (χ4v) is 3.28. The van der Waals surface area contributed by atoms with Gasteiger partial charge in [0.15, 0.2) is 0 Å². The third kappa shape index (κ3) is 3.71. The zero-order chi connectivity index (χ0) is 11.7. The van der Waals surface area contributed by atoms with Crippen molar-refractivity contribution < 1.29 is 16.8 Å². The Hall–Kier alpha value is -0.180. The molecule has 8 heteroatoms. The van der Waals surface area contributed by atoms with Gasteiger partial charge in [-0.25, -0.2) is 25.4 Å². The van der Waals surface area contributed by atoms with Crippen molar-refractivity contribution in [3.8, 4) is 0 Å². The van der Waals surface area contributed by atoms with Crippen molar-refractivity contribution in [2.24, 2.45) is 0 Å². The molecule has 0 aromatic carbocycles. The predicted molar refractivity (Wildman–Crippen MR) is 57.5 cm³/mol. The Morgan fingerprint density at radius 2 is 1.07 bits per heavy atom. The van der Waals surface area contributed by atoms with Gasteiger partial charge in [0, 0.05) is 26.2 Å². The van der Waals surface area contributed by atoms with E-state index in [9.17, 15) is 16.8 Å². The van der Waals surface area contributed by atoms with Crippen LogP contribution in [-0.2, 0) is 20.0 Å². The van der Waals surface area contributed by atoms with E-state index in [0.29, 0.717) is 19.5 Å². The lowest BCUT2D eigenvalue weighted by atomic mass is 10.4. The summed E-state index contributed by atoms with van der Waals surface area (Å²) in [6.07, 6.45) is 2.83. The van der Waals surface area contributed by atoms with E-state index >= 15 is 0 Å². The SMILES string of the molecule is CS(=O)(=O)N1CCCN(S(C)(=O)=O)CC1. The molecule has 0 unspecified atom stereocenters. The van der Waals surface area contributed by atoms with E-state index in [0.717, 1.165) is 12.5 Å². The van der Waals surface area contributed by atoms with E-state index in [1.165, 1.54) is 8.61 Å². The molecule has 0 spiro atoms. The van der Waals surface area contributed by atoms with E-state index in [1.807, 2.05) is 0 Å². The highest BCUT2D eigenvalue weighted by atomic mass is 32.2. The lowest BCUT2D eigenvalue weighted by molar-refractivity contribution is 0.409. The van der Waals surface area contributed by atoms with E-state index in [2.05, 4.69) is 0 Å². The standard InChI is InChI=1S/C7H16N2O4S2/c1-14(10,11)8-4-3-5-9(7-6-8)15(2,12)13/h3-7H2,1-2H3. The lowest BCUT2D eigenvalue weighted by Crippen LogP contribution is -2.36. The van der Waals surface area contributed by atoms with Gasteiger partial charge in [-0.05, 0) is 6.42 Å². The third-order valence-electron chi connectivity index (χ3n) is 2.35. The Morgan fingerprint density at radius 3 is 1.33 bits per heavy atom. The molecule has 0 N–H and O–H groups in total. The van der Waals surface area contributed by atoms with Gasteiger partial charge in [-0.2, -0.15) is 0 Å². The molecular weight excluding hydrogens is 240 g/mol. The topological polar surface area (TPSA) is 74.8 Å². The summed E-state index contributed by atoms with van der Waals surface area (Å²) in [6.45, 7) is 1.27. The molecule has 0 amide bonds. The Kier molecular flexibility index (Phi) is 3.75. The van der Waals surface area contributed by atoms with Crippen LogP contribution < -0.4 is 0 Å². The summed E-state index contributed by atoms with van der Waals surface area (Å²) < 4.78 is 47.6. The second-order valence-electron chi connectivity index (χ2n) is 3.68. The van der Waals surface area contributed by atoms with Crippen LogP contribution in [0.1, 0.15) is 6.42 Å². The van der Waals surface area contributed by atoms with Gasteiger partial charge in [-0.15, -0.1) is 0 Å². The zero-order valence-corrected chi connectivity index (χ0v) is 10.5. The minimum atomic E-state index is -3.21. The Bertz CT molecular complexity index is 374. The molecule has 6 nitrogen and oxygen atoms in total. The van der Waals surface area contributed by atoms with Crippen molar-refractivity contribution in [2.75, 3.05) is 38.7 Å². The summed E-state index contributed by atoms with van der Waals surface area (Å²) in [5.74, 6) is 0. The zero-order valence-electron chi connectivity index (χ0n) is 8.88. The number of rotatable bonds is 2. The summed E-state index contributed by atoms with van der Waals surface area (Å²) in [5, 5.41) is 0. The molecule has 0 aromatic rings. The quantitative estimate of drug-likeness (QED) is 0.629. The molecule has 15 heavy (non-hydrogen) atoms. The molecule has 0 saturated carbocycles. The first-order valence-electron chi connectivity index (χ1n) is 4.61. The van der Waals surface area contributed by atoms with Gasteiger partial charge >= 0.3 is 0 Å². The molecule has 0 radical (unpaired) electrons. The van der Waals surface area contributed by atoms with Crippen LogP contribution in [0.4, 0.5) is 0 Å². The average Bonchev–Trinajstić information content (AvgIpc) is 2.24. The number of nitrogens with zero attached hydrogens (tertiary/aromatic N) is 2. The highest BCUT2D eigenvalue weighted by Gasteiger charge is 2.25. The van der Waals surface area contributed by atoms with Crippen LogP contribution in [0.15, 0.2) is 0 Å². The second-order valence-corrected chi connectivity index (χ2v) is 7.64. The molecule has 1 aliphatic heterocycles. The Balaban J connectivity index is 2.73. The predicted octanol–water partition coefficient (Wildman–Crippen LogP) is -1.09. The monoisotopic (exact) mass is 256 g/mol. The van der Waals surface area contributed by atoms with Crippen molar-refractivity contribution in [1.29, 1.82) is 0 Å². The first kappa shape index (κ1) is 12.9. The fourth-order valence-electron chi connectivity index (χ4n) is 1.53. The van der Waals surface area contributed by atoms with Crippen molar-refractivity contribution in [2.45, 2.75) is 6.42 Å². The second kappa shape index (κ2) is 4.36. The number of sulfonamides is 2. The normalized spacial score (nSPS) is 22.5. The molecule has 0 atom stereocenters. The maximum atomic E-state index is 11.3. The molecule has 0 aromatic heterocycles. The molecule has 1 fully saturated rings. The van der Waals surface area contributed by atoms with E-state index in [-0.39, 0.29) is 13.1 Å². The highest BCUT2D eigenvalue weighted by molar-refractivity contribution is 7.88. The molecule has 1 saturated heterocycles. The molecule has 1 rings (SSSR count). The van der Waals surface area contributed by atoms with Crippen LogP contribution in [0, 0.1) is 0 Å². The first-order valence-corrected chi connectivity index (χ1v) is 8.31. The minimum Gasteiger partial charge on any atom is -0.213 e. The summed E-state index contributed by atoms with van der Waals surface area (Å²) >= 11 is 0. The largest absolute Gasteiger partial charge is 0.213 e. The number of hydrogen-bond acceptors (Lipinski definition) is 4. The lowest BCUT2D eigenvalue weighted by Gasteiger charge is -2.18. The van der Waals surface area contributed by atoms with Crippen LogP contribution >= 0.6 is 0 Å². The molecule has 1 heterocycles. The van der Waals surface area contributed by atoms with E-state index < -0.39 is 20.0 Å². The van der Waals surface area contributed by atoms with Gasteiger partial charge in [0.25, 0.3) is 0 Å². The van der Waals surface area contributed by atoms with Crippen molar-refractivity contribution in [3.63, 3.8) is 0 Å². The molecule has 0 aliphatic carbocycles. The van der Waals surface area contributed by atoms with Gasteiger partial charge in [0.05, 0.1) is 12.5 Å². The van der Waals surface area contributed by atoms with Crippen molar-refractivity contribution in [3.05, 3.63) is 0 Å². The maximum Gasteiger partial charge on any atom is 0.211 e. The van der Waals surface area contributed by atoms with Gasteiger partial charge < -0.3 is 0 Å². The van der Waals surface area contributed by atoms with Crippen LogP contribution in [0.2, 0.25) is 0 Å². The van der Waals surface area contributed by atoms with Crippen molar-refractivity contribution in [1.82, 2.24) is 8.61 Å².